The lowest BCUT2D eigenvalue weighted by atomic mass is 10.1. The Morgan fingerprint density at radius 1 is 1.11 bits per heavy atom. The molecule has 0 radical (unpaired) electrons. The van der Waals surface area contributed by atoms with Crippen LogP contribution in [-0.4, -0.2) is 46.1 Å². The molecule has 0 saturated carbocycles. The van der Waals surface area contributed by atoms with E-state index in [1.54, 1.807) is 37.3 Å². The Morgan fingerprint density at radius 3 is 2.52 bits per heavy atom. The van der Waals surface area contributed by atoms with Crippen LogP contribution in [0, 0.1) is 6.92 Å². The standard InChI is InChI=1S/C19H21NO6S/c1-13-4-6-15(19(21)24-3)11-18(13)27(22,23)20(2)12-14-5-7-16-17(10-14)26-9-8-25-16/h4-7,10-11H,8-9,12H2,1-3H3. The minimum Gasteiger partial charge on any atom is -0.486 e. The average Bonchev–Trinajstić information content (AvgIpc) is 2.67. The molecule has 0 N–H and O–H groups in total. The van der Waals surface area contributed by atoms with Crippen LogP contribution in [0.5, 0.6) is 11.5 Å². The van der Waals surface area contributed by atoms with Crippen molar-refractivity contribution in [2.24, 2.45) is 0 Å². The summed E-state index contributed by atoms with van der Waals surface area (Å²) in [6.45, 7) is 2.80. The fourth-order valence-electron chi connectivity index (χ4n) is 2.82. The fourth-order valence-corrected chi connectivity index (χ4v) is 4.22. The second-order valence-electron chi connectivity index (χ2n) is 6.21. The molecule has 144 valence electrons. The van der Waals surface area contributed by atoms with E-state index in [9.17, 15) is 13.2 Å². The number of nitrogens with zero attached hydrogens (tertiary/aromatic N) is 1. The topological polar surface area (TPSA) is 82.1 Å². The lowest BCUT2D eigenvalue weighted by molar-refractivity contribution is 0.0600. The first-order valence-corrected chi connectivity index (χ1v) is 9.81. The van der Waals surface area contributed by atoms with E-state index in [4.69, 9.17) is 9.47 Å². The van der Waals surface area contributed by atoms with Crippen molar-refractivity contribution in [1.82, 2.24) is 4.31 Å². The second kappa shape index (κ2) is 7.58. The van der Waals surface area contributed by atoms with Crippen molar-refractivity contribution < 1.29 is 27.4 Å². The van der Waals surface area contributed by atoms with E-state index in [-0.39, 0.29) is 17.0 Å². The zero-order valence-corrected chi connectivity index (χ0v) is 16.2. The van der Waals surface area contributed by atoms with Gasteiger partial charge in [-0.25, -0.2) is 13.2 Å². The van der Waals surface area contributed by atoms with Gasteiger partial charge >= 0.3 is 5.97 Å². The van der Waals surface area contributed by atoms with Crippen molar-refractivity contribution in [2.45, 2.75) is 18.4 Å². The number of hydrogen-bond donors (Lipinski definition) is 0. The third kappa shape index (κ3) is 3.91. The SMILES string of the molecule is COC(=O)c1ccc(C)c(S(=O)(=O)N(C)Cc2ccc3c(c2)OCCO3)c1. The molecule has 0 fully saturated rings. The van der Waals surface area contributed by atoms with Gasteiger partial charge in [0.1, 0.15) is 13.2 Å². The number of esters is 1. The molecule has 1 aliphatic rings. The number of carbonyl (C=O) groups excluding carboxylic acids is 1. The van der Waals surface area contributed by atoms with Crippen molar-refractivity contribution in [3.05, 3.63) is 53.1 Å². The van der Waals surface area contributed by atoms with Gasteiger partial charge in [0, 0.05) is 13.6 Å². The van der Waals surface area contributed by atoms with Crippen LogP contribution in [0.4, 0.5) is 0 Å². The summed E-state index contributed by atoms with van der Waals surface area (Å²) in [7, 11) is -1.05. The third-order valence-electron chi connectivity index (χ3n) is 4.31. The van der Waals surface area contributed by atoms with E-state index in [0.717, 1.165) is 5.56 Å². The Balaban J connectivity index is 1.87. The van der Waals surface area contributed by atoms with E-state index in [0.29, 0.717) is 30.3 Å². The monoisotopic (exact) mass is 391 g/mol. The Bertz CT molecular complexity index is 970. The summed E-state index contributed by atoms with van der Waals surface area (Å²) in [4.78, 5) is 11.8. The lowest BCUT2D eigenvalue weighted by Crippen LogP contribution is -2.27. The van der Waals surface area contributed by atoms with Gasteiger partial charge < -0.3 is 14.2 Å². The van der Waals surface area contributed by atoms with Crippen molar-refractivity contribution in [3.63, 3.8) is 0 Å². The Kier molecular flexibility index (Phi) is 5.38. The number of benzene rings is 2. The van der Waals surface area contributed by atoms with Gasteiger partial charge in [-0.1, -0.05) is 12.1 Å². The smallest absolute Gasteiger partial charge is 0.337 e. The van der Waals surface area contributed by atoms with Gasteiger partial charge in [-0.15, -0.1) is 0 Å². The fraction of sp³-hybridized carbons (Fsp3) is 0.316. The molecule has 0 unspecified atom stereocenters. The molecule has 3 rings (SSSR count). The largest absolute Gasteiger partial charge is 0.486 e. The molecule has 0 aliphatic carbocycles. The van der Waals surface area contributed by atoms with E-state index < -0.39 is 16.0 Å². The maximum atomic E-state index is 13.0. The van der Waals surface area contributed by atoms with Crippen LogP contribution >= 0.6 is 0 Å². The van der Waals surface area contributed by atoms with Crippen LogP contribution in [0.15, 0.2) is 41.3 Å². The minimum atomic E-state index is -3.80. The first-order chi connectivity index (χ1) is 12.8. The predicted octanol–water partition coefficient (Wildman–Crippen LogP) is 2.37. The molecular formula is C19H21NO6S. The first kappa shape index (κ1) is 19.2. The zero-order valence-electron chi connectivity index (χ0n) is 15.4. The van der Waals surface area contributed by atoms with E-state index in [2.05, 4.69) is 4.74 Å². The molecule has 7 nitrogen and oxygen atoms in total. The third-order valence-corrected chi connectivity index (χ3v) is 6.25. The molecule has 0 spiro atoms. The normalized spacial score (nSPS) is 13.5. The van der Waals surface area contributed by atoms with Crippen LogP contribution in [0.2, 0.25) is 0 Å². The Morgan fingerprint density at radius 2 is 1.81 bits per heavy atom. The number of fused-ring (bicyclic) bond motifs is 1. The highest BCUT2D eigenvalue weighted by Gasteiger charge is 2.25. The maximum absolute atomic E-state index is 13.0. The van der Waals surface area contributed by atoms with Gasteiger partial charge in [0.05, 0.1) is 17.6 Å². The van der Waals surface area contributed by atoms with Gasteiger partial charge in [0.25, 0.3) is 0 Å². The number of sulfonamides is 1. The highest BCUT2D eigenvalue weighted by molar-refractivity contribution is 7.89. The number of ether oxygens (including phenoxy) is 3. The summed E-state index contributed by atoms with van der Waals surface area (Å²) < 4.78 is 43.0. The van der Waals surface area contributed by atoms with E-state index in [1.807, 2.05) is 0 Å². The maximum Gasteiger partial charge on any atom is 0.337 e. The highest BCUT2D eigenvalue weighted by atomic mass is 32.2. The molecule has 1 aliphatic heterocycles. The Labute approximate surface area is 158 Å². The highest BCUT2D eigenvalue weighted by Crippen LogP contribution is 2.31. The molecule has 0 amide bonds. The van der Waals surface area contributed by atoms with Crippen molar-refractivity contribution in [2.75, 3.05) is 27.4 Å². The Hall–Kier alpha value is -2.58. The number of hydrogen-bond acceptors (Lipinski definition) is 6. The van der Waals surface area contributed by atoms with Crippen LogP contribution < -0.4 is 9.47 Å². The summed E-state index contributed by atoms with van der Waals surface area (Å²) in [5.74, 6) is 0.673. The van der Waals surface area contributed by atoms with Crippen molar-refractivity contribution >= 4 is 16.0 Å². The van der Waals surface area contributed by atoms with Crippen LogP contribution in [0.25, 0.3) is 0 Å². The van der Waals surface area contributed by atoms with Gasteiger partial charge in [0.2, 0.25) is 10.0 Å². The molecule has 0 saturated heterocycles. The van der Waals surface area contributed by atoms with Gasteiger partial charge in [-0.05, 0) is 42.3 Å². The van der Waals surface area contributed by atoms with Crippen LogP contribution in [0.3, 0.4) is 0 Å². The van der Waals surface area contributed by atoms with Crippen molar-refractivity contribution in [1.29, 1.82) is 0 Å². The summed E-state index contributed by atoms with van der Waals surface area (Å²) >= 11 is 0. The van der Waals surface area contributed by atoms with E-state index in [1.165, 1.54) is 24.5 Å². The predicted molar refractivity (Wildman–Crippen MR) is 98.6 cm³/mol. The van der Waals surface area contributed by atoms with Gasteiger partial charge in [-0.2, -0.15) is 4.31 Å². The second-order valence-corrected chi connectivity index (χ2v) is 8.22. The lowest BCUT2D eigenvalue weighted by Gasteiger charge is -2.21. The van der Waals surface area contributed by atoms with Gasteiger partial charge in [-0.3, -0.25) is 0 Å². The number of carbonyl (C=O) groups is 1. The molecule has 0 atom stereocenters. The molecule has 27 heavy (non-hydrogen) atoms. The molecular weight excluding hydrogens is 370 g/mol. The van der Waals surface area contributed by atoms with Gasteiger partial charge in [0.15, 0.2) is 11.5 Å². The van der Waals surface area contributed by atoms with Crippen LogP contribution in [0.1, 0.15) is 21.5 Å². The molecule has 0 bridgehead atoms. The average molecular weight is 391 g/mol. The molecule has 8 heteroatoms. The van der Waals surface area contributed by atoms with Crippen molar-refractivity contribution in [3.8, 4) is 11.5 Å². The first-order valence-electron chi connectivity index (χ1n) is 8.37. The zero-order chi connectivity index (χ0) is 19.6. The molecule has 2 aromatic rings. The number of rotatable bonds is 5. The summed E-state index contributed by atoms with van der Waals surface area (Å²) in [5, 5.41) is 0. The summed E-state index contributed by atoms with van der Waals surface area (Å²) in [6.07, 6.45) is 0. The molecule has 0 aromatic heterocycles. The number of aryl methyl sites for hydroxylation is 1. The quantitative estimate of drug-likeness (QED) is 0.728. The summed E-state index contributed by atoms with van der Waals surface area (Å²) in [5.41, 5.74) is 1.51. The molecule has 2 aromatic carbocycles. The van der Waals surface area contributed by atoms with Crippen LogP contribution in [-0.2, 0) is 21.3 Å². The van der Waals surface area contributed by atoms with E-state index >= 15 is 0 Å². The summed E-state index contributed by atoms with van der Waals surface area (Å²) in [6, 6.07) is 9.83. The minimum absolute atomic E-state index is 0.0745. The molecule has 1 heterocycles. The number of methoxy groups -OCH3 is 1.